The fraction of sp³-hybridized carbons (Fsp3) is 0.440. The van der Waals surface area contributed by atoms with Gasteiger partial charge in [-0.3, -0.25) is 9.59 Å². The van der Waals surface area contributed by atoms with Crippen molar-refractivity contribution in [2.45, 2.75) is 50.8 Å². The van der Waals surface area contributed by atoms with Crippen LogP contribution in [0.15, 0.2) is 48.5 Å². The second-order valence-electron chi connectivity index (χ2n) is 8.36. The highest BCUT2D eigenvalue weighted by molar-refractivity contribution is 6.03. The maximum absolute atomic E-state index is 13.7. The number of rotatable bonds is 6. The fourth-order valence-corrected chi connectivity index (χ4v) is 5.09. The fourth-order valence-electron chi connectivity index (χ4n) is 5.09. The average Bonchev–Trinajstić information content (AvgIpc) is 3.20. The van der Waals surface area contributed by atoms with Crippen LogP contribution in [0.1, 0.15) is 48.0 Å². The molecule has 0 aromatic heterocycles. The van der Waals surface area contributed by atoms with E-state index in [1.54, 1.807) is 26.4 Å². The van der Waals surface area contributed by atoms with Crippen molar-refractivity contribution in [3.63, 3.8) is 0 Å². The number of likely N-dealkylation sites (tertiary alicyclic amines) is 1. The first kappa shape index (κ1) is 21.4. The van der Waals surface area contributed by atoms with Crippen LogP contribution in [0.25, 0.3) is 0 Å². The second kappa shape index (κ2) is 9.52. The van der Waals surface area contributed by atoms with Gasteiger partial charge in [0.25, 0.3) is 5.91 Å². The molecule has 3 unspecified atom stereocenters. The van der Waals surface area contributed by atoms with Crippen molar-refractivity contribution in [2.24, 2.45) is 5.92 Å². The number of anilines is 1. The number of hydrogen-bond acceptors (Lipinski definition) is 4. The van der Waals surface area contributed by atoms with Gasteiger partial charge in [0.1, 0.15) is 11.8 Å². The largest absolute Gasteiger partial charge is 0.496 e. The standard InChI is InChI=1S/C25H30N2O4/c1-30-16-18-10-3-6-12-20(18)26-24(28)22-15-17-9-4-7-13-21(17)27(22)25(29)19-11-5-8-14-23(19)31-2/h3,5-6,8,10-12,14,17,21-22H,4,7,9,13,15-16H2,1-2H3,(H,26,28). The molecule has 3 atom stereocenters. The number of carbonyl (C=O) groups is 2. The highest BCUT2D eigenvalue weighted by atomic mass is 16.5. The van der Waals surface area contributed by atoms with Crippen molar-refractivity contribution < 1.29 is 19.1 Å². The Balaban J connectivity index is 1.63. The molecule has 0 spiro atoms. The van der Waals surface area contributed by atoms with E-state index in [-0.39, 0.29) is 17.9 Å². The normalized spacial score (nSPS) is 22.6. The SMILES string of the molecule is COCc1ccccc1NC(=O)C1CC2CCCCC2N1C(=O)c1ccccc1OC. The zero-order valence-corrected chi connectivity index (χ0v) is 18.2. The number of amides is 2. The molecule has 1 N–H and O–H groups in total. The number of benzene rings is 2. The summed E-state index contributed by atoms with van der Waals surface area (Å²) in [6, 6.07) is 14.5. The molecule has 164 valence electrons. The lowest BCUT2D eigenvalue weighted by Gasteiger charge is -2.34. The number of nitrogens with one attached hydrogen (secondary N) is 1. The van der Waals surface area contributed by atoms with E-state index in [9.17, 15) is 9.59 Å². The first-order chi connectivity index (χ1) is 15.1. The van der Waals surface area contributed by atoms with Crippen molar-refractivity contribution in [1.29, 1.82) is 0 Å². The molecule has 2 fully saturated rings. The third kappa shape index (κ3) is 4.30. The van der Waals surface area contributed by atoms with Crippen LogP contribution in [-0.2, 0) is 16.1 Å². The van der Waals surface area contributed by atoms with Crippen LogP contribution in [0, 0.1) is 5.92 Å². The Kier molecular flexibility index (Phi) is 6.56. The third-order valence-corrected chi connectivity index (χ3v) is 6.54. The van der Waals surface area contributed by atoms with Crippen LogP contribution in [0.2, 0.25) is 0 Å². The van der Waals surface area contributed by atoms with Gasteiger partial charge >= 0.3 is 0 Å². The number of carbonyl (C=O) groups excluding carboxylic acids is 2. The van der Waals surface area contributed by atoms with Gasteiger partial charge in [-0.15, -0.1) is 0 Å². The third-order valence-electron chi connectivity index (χ3n) is 6.54. The molecule has 2 aromatic carbocycles. The first-order valence-electron chi connectivity index (χ1n) is 11.0. The number of nitrogens with zero attached hydrogens (tertiary/aromatic N) is 1. The maximum Gasteiger partial charge on any atom is 0.258 e. The molecule has 0 bridgehead atoms. The lowest BCUT2D eigenvalue weighted by atomic mass is 9.84. The maximum atomic E-state index is 13.7. The van der Waals surface area contributed by atoms with Crippen LogP contribution in [0.3, 0.4) is 0 Å². The second-order valence-corrected chi connectivity index (χ2v) is 8.36. The van der Waals surface area contributed by atoms with Crippen LogP contribution in [0.4, 0.5) is 5.69 Å². The lowest BCUT2D eigenvalue weighted by molar-refractivity contribution is -0.120. The van der Waals surface area contributed by atoms with Crippen LogP contribution in [-0.4, -0.2) is 43.0 Å². The van der Waals surface area contributed by atoms with Gasteiger partial charge in [-0.25, -0.2) is 0 Å². The zero-order valence-electron chi connectivity index (χ0n) is 18.2. The van der Waals surface area contributed by atoms with Gasteiger partial charge in [0, 0.05) is 24.4 Å². The molecular formula is C25H30N2O4. The number of para-hydroxylation sites is 2. The summed E-state index contributed by atoms with van der Waals surface area (Å²) in [5, 5.41) is 3.07. The zero-order chi connectivity index (χ0) is 21.8. The molecule has 2 amide bonds. The summed E-state index contributed by atoms with van der Waals surface area (Å²) >= 11 is 0. The van der Waals surface area contributed by atoms with Gasteiger partial charge in [-0.05, 0) is 43.4 Å². The first-order valence-corrected chi connectivity index (χ1v) is 11.0. The summed E-state index contributed by atoms with van der Waals surface area (Å²) < 4.78 is 10.7. The minimum atomic E-state index is -0.499. The molecular weight excluding hydrogens is 392 g/mol. The van der Waals surface area contributed by atoms with E-state index >= 15 is 0 Å². The van der Waals surface area contributed by atoms with E-state index in [0.717, 1.165) is 36.9 Å². The topological polar surface area (TPSA) is 67.9 Å². The molecule has 1 saturated heterocycles. The molecule has 4 rings (SSSR count). The Morgan fingerprint density at radius 3 is 2.58 bits per heavy atom. The molecule has 2 aromatic rings. The number of hydrogen-bond donors (Lipinski definition) is 1. The van der Waals surface area contributed by atoms with Gasteiger partial charge < -0.3 is 19.7 Å². The van der Waals surface area contributed by atoms with Gasteiger partial charge in [-0.1, -0.05) is 43.2 Å². The number of methoxy groups -OCH3 is 2. The summed E-state index contributed by atoms with van der Waals surface area (Å²) in [6.45, 7) is 0.413. The molecule has 1 aliphatic carbocycles. The van der Waals surface area contributed by atoms with Crippen LogP contribution < -0.4 is 10.1 Å². The quantitative estimate of drug-likeness (QED) is 0.756. The van der Waals surface area contributed by atoms with Gasteiger partial charge in [-0.2, -0.15) is 0 Å². The van der Waals surface area contributed by atoms with Gasteiger partial charge in [0.15, 0.2) is 0 Å². The van der Waals surface area contributed by atoms with Gasteiger partial charge in [0.2, 0.25) is 5.91 Å². The highest BCUT2D eigenvalue weighted by Crippen LogP contribution is 2.41. The lowest BCUT2D eigenvalue weighted by Crippen LogP contribution is -2.48. The van der Waals surface area contributed by atoms with E-state index in [2.05, 4.69) is 5.32 Å². The molecule has 1 heterocycles. The number of fused-ring (bicyclic) bond motifs is 1. The van der Waals surface area contributed by atoms with E-state index in [4.69, 9.17) is 9.47 Å². The van der Waals surface area contributed by atoms with Crippen molar-refractivity contribution in [3.8, 4) is 5.75 Å². The molecule has 6 heteroatoms. The smallest absolute Gasteiger partial charge is 0.258 e. The Morgan fingerprint density at radius 2 is 1.77 bits per heavy atom. The summed E-state index contributed by atoms with van der Waals surface area (Å²) in [6.07, 6.45) is 4.94. The molecule has 31 heavy (non-hydrogen) atoms. The Morgan fingerprint density at radius 1 is 1.03 bits per heavy atom. The van der Waals surface area contributed by atoms with Crippen LogP contribution in [0.5, 0.6) is 5.75 Å². The van der Waals surface area contributed by atoms with E-state index in [1.807, 2.05) is 41.3 Å². The minimum absolute atomic E-state index is 0.0936. The Hall–Kier alpha value is -2.86. The molecule has 1 aliphatic heterocycles. The molecule has 1 saturated carbocycles. The average molecular weight is 423 g/mol. The summed E-state index contributed by atoms with van der Waals surface area (Å²) in [5.74, 6) is 0.632. The monoisotopic (exact) mass is 422 g/mol. The molecule has 0 radical (unpaired) electrons. The van der Waals surface area contributed by atoms with E-state index in [0.29, 0.717) is 30.3 Å². The highest BCUT2D eigenvalue weighted by Gasteiger charge is 2.48. The van der Waals surface area contributed by atoms with Crippen molar-refractivity contribution in [1.82, 2.24) is 4.90 Å². The Bertz CT molecular complexity index is 945. The van der Waals surface area contributed by atoms with E-state index in [1.165, 1.54) is 0 Å². The predicted molar refractivity (Wildman–Crippen MR) is 119 cm³/mol. The minimum Gasteiger partial charge on any atom is -0.496 e. The molecule has 6 nitrogen and oxygen atoms in total. The van der Waals surface area contributed by atoms with Crippen molar-refractivity contribution in [3.05, 3.63) is 59.7 Å². The van der Waals surface area contributed by atoms with E-state index < -0.39 is 6.04 Å². The van der Waals surface area contributed by atoms with Crippen molar-refractivity contribution >= 4 is 17.5 Å². The Labute approximate surface area is 183 Å². The molecule has 2 aliphatic rings. The summed E-state index contributed by atoms with van der Waals surface area (Å²) in [7, 11) is 3.20. The predicted octanol–water partition coefficient (Wildman–Crippen LogP) is 4.25. The summed E-state index contributed by atoms with van der Waals surface area (Å²) in [4.78, 5) is 28.9. The number of ether oxygens (including phenoxy) is 2. The van der Waals surface area contributed by atoms with Crippen molar-refractivity contribution in [2.75, 3.05) is 19.5 Å². The van der Waals surface area contributed by atoms with Gasteiger partial charge in [0.05, 0.1) is 19.3 Å². The van der Waals surface area contributed by atoms with Crippen LogP contribution >= 0.6 is 0 Å². The summed E-state index contributed by atoms with van der Waals surface area (Å²) in [5.41, 5.74) is 2.15.